The molecule has 0 unspecified atom stereocenters. The molecule has 1 aromatic heterocycles. The smallest absolute Gasteiger partial charge is 0.243 e. The summed E-state index contributed by atoms with van der Waals surface area (Å²) in [6.45, 7) is 5.03. The standard InChI is InChI=1S/C22H25N3O/c1-17-14-19-10-6-7-11-20(19)25(17)16-22(26)24-13-12-23(2)15-21(24)18-8-4-3-5-9-18/h3-11,14,21H,12-13,15-16H2,1-2H3/t21-/m0/s1. The molecule has 2 aromatic carbocycles. The Morgan fingerprint density at radius 3 is 2.58 bits per heavy atom. The molecule has 1 atom stereocenters. The Kier molecular flexibility index (Phi) is 4.51. The van der Waals surface area contributed by atoms with Gasteiger partial charge in [-0.25, -0.2) is 0 Å². The number of aromatic nitrogens is 1. The topological polar surface area (TPSA) is 28.5 Å². The van der Waals surface area contributed by atoms with Crippen LogP contribution >= 0.6 is 0 Å². The van der Waals surface area contributed by atoms with E-state index in [2.05, 4.69) is 70.8 Å². The van der Waals surface area contributed by atoms with Crippen molar-refractivity contribution in [3.8, 4) is 0 Å². The zero-order valence-electron chi connectivity index (χ0n) is 15.4. The third-order valence-electron chi connectivity index (χ3n) is 5.40. The first-order valence-electron chi connectivity index (χ1n) is 9.21. The molecule has 4 heteroatoms. The van der Waals surface area contributed by atoms with Gasteiger partial charge in [-0.2, -0.15) is 0 Å². The van der Waals surface area contributed by atoms with Gasteiger partial charge in [0.15, 0.2) is 0 Å². The molecule has 0 N–H and O–H groups in total. The summed E-state index contributed by atoms with van der Waals surface area (Å²) in [5, 5.41) is 1.19. The number of carbonyl (C=O) groups excluding carboxylic acids is 1. The summed E-state index contributed by atoms with van der Waals surface area (Å²) in [5.41, 5.74) is 3.47. The molecule has 1 aliphatic heterocycles. The Bertz CT molecular complexity index is 916. The van der Waals surface area contributed by atoms with E-state index in [1.54, 1.807) is 0 Å². The molecule has 0 spiro atoms. The van der Waals surface area contributed by atoms with Crippen LogP contribution in [0.2, 0.25) is 0 Å². The predicted octanol–water partition coefficient (Wildman–Crippen LogP) is 3.47. The second-order valence-corrected chi connectivity index (χ2v) is 7.21. The molecule has 26 heavy (non-hydrogen) atoms. The number of piperazine rings is 1. The van der Waals surface area contributed by atoms with Gasteiger partial charge in [-0.05, 0) is 37.1 Å². The van der Waals surface area contributed by atoms with Gasteiger partial charge in [-0.15, -0.1) is 0 Å². The highest BCUT2D eigenvalue weighted by Gasteiger charge is 2.30. The Labute approximate surface area is 154 Å². The lowest BCUT2D eigenvalue weighted by Crippen LogP contribution is -2.50. The van der Waals surface area contributed by atoms with Crippen molar-refractivity contribution >= 4 is 16.8 Å². The molecule has 4 nitrogen and oxygen atoms in total. The molecule has 1 saturated heterocycles. The van der Waals surface area contributed by atoms with Gasteiger partial charge in [-0.1, -0.05) is 48.5 Å². The summed E-state index contributed by atoms with van der Waals surface area (Å²) in [5.74, 6) is 0.191. The van der Waals surface area contributed by atoms with Crippen molar-refractivity contribution in [1.82, 2.24) is 14.4 Å². The number of aryl methyl sites for hydroxylation is 1. The summed E-state index contributed by atoms with van der Waals surface area (Å²) in [4.78, 5) is 17.6. The molecule has 1 amide bonds. The van der Waals surface area contributed by atoms with Crippen LogP contribution in [-0.2, 0) is 11.3 Å². The van der Waals surface area contributed by atoms with E-state index in [0.29, 0.717) is 6.54 Å². The van der Waals surface area contributed by atoms with Crippen molar-refractivity contribution in [3.63, 3.8) is 0 Å². The first-order chi connectivity index (χ1) is 12.6. The Balaban J connectivity index is 1.62. The molecule has 0 aliphatic carbocycles. The minimum Gasteiger partial charge on any atom is -0.335 e. The van der Waals surface area contributed by atoms with Crippen LogP contribution in [0.4, 0.5) is 0 Å². The van der Waals surface area contributed by atoms with Gasteiger partial charge < -0.3 is 14.4 Å². The van der Waals surface area contributed by atoms with Gasteiger partial charge in [0.2, 0.25) is 5.91 Å². The summed E-state index contributed by atoms with van der Waals surface area (Å²) >= 11 is 0. The van der Waals surface area contributed by atoms with Crippen LogP contribution in [0.1, 0.15) is 17.3 Å². The van der Waals surface area contributed by atoms with E-state index in [4.69, 9.17) is 0 Å². The van der Waals surface area contributed by atoms with E-state index in [-0.39, 0.29) is 11.9 Å². The van der Waals surface area contributed by atoms with Crippen molar-refractivity contribution in [1.29, 1.82) is 0 Å². The van der Waals surface area contributed by atoms with Crippen LogP contribution in [0.3, 0.4) is 0 Å². The zero-order valence-corrected chi connectivity index (χ0v) is 15.4. The van der Waals surface area contributed by atoms with E-state index in [0.717, 1.165) is 30.8 Å². The molecule has 4 rings (SSSR count). The molecular formula is C22H25N3O. The van der Waals surface area contributed by atoms with Crippen molar-refractivity contribution in [2.45, 2.75) is 19.5 Å². The molecule has 0 bridgehead atoms. The zero-order chi connectivity index (χ0) is 18.1. The molecule has 2 heterocycles. The van der Waals surface area contributed by atoms with Crippen LogP contribution in [0.15, 0.2) is 60.7 Å². The number of nitrogens with zero attached hydrogens (tertiary/aromatic N) is 3. The minimum absolute atomic E-state index is 0.115. The Hall–Kier alpha value is -2.59. The van der Waals surface area contributed by atoms with Crippen molar-refractivity contribution in [2.75, 3.05) is 26.7 Å². The molecule has 3 aromatic rings. The maximum absolute atomic E-state index is 13.2. The lowest BCUT2D eigenvalue weighted by Gasteiger charge is -2.40. The van der Waals surface area contributed by atoms with Gasteiger partial charge in [-0.3, -0.25) is 4.79 Å². The van der Waals surface area contributed by atoms with Gasteiger partial charge >= 0.3 is 0 Å². The SMILES string of the molecule is Cc1cc2ccccc2n1CC(=O)N1CCN(C)C[C@H]1c1ccccc1. The minimum atomic E-state index is 0.115. The monoisotopic (exact) mass is 347 g/mol. The Morgan fingerprint density at radius 1 is 1.04 bits per heavy atom. The normalized spacial score (nSPS) is 18.4. The summed E-state index contributed by atoms with van der Waals surface area (Å²) < 4.78 is 2.14. The van der Waals surface area contributed by atoms with E-state index >= 15 is 0 Å². The Morgan fingerprint density at radius 2 is 1.77 bits per heavy atom. The summed E-state index contributed by atoms with van der Waals surface area (Å²) in [6, 6.07) is 20.9. The first kappa shape index (κ1) is 16.9. The lowest BCUT2D eigenvalue weighted by atomic mass is 10.0. The van der Waals surface area contributed by atoms with Gasteiger partial charge in [0, 0.05) is 30.8 Å². The third-order valence-corrected chi connectivity index (χ3v) is 5.40. The molecule has 0 saturated carbocycles. The number of hydrogen-bond donors (Lipinski definition) is 0. The van der Waals surface area contributed by atoms with Crippen LogP contribution in [-0.4, -0.2) is 47.0 Å². The molecular weight excluding hydrogens is 322 g/mol. The average Bonchev–Trinajstić information content (AvgIpc) is 2.98. The van der Waals surface area contributed by atoms with Gasteiger partial charge in [0.05, 0.1) is 6.04 Å². The van der Waals surface area contributed by atoms with Crippen LogP contribution in [0.25, 0.3) is 10.9 Å². The van der Waals surface area contributed by atoms with Crippen LogP contribution < -0.4 is 0 Å². The van der Waals surface area contributed by atoms with Gasteiger partial charge in [0.25, 0.3) is 0 Å². The quantitative estimate of drug-likeness (QED) is 0.726. The van der Waals surface area contributed by atoms with E-state index in [1.165, 1.54) is 10.9 Å². The second kappa shape index (κ2) is 6.96. The fourth-order valence-corrected chi connectivity index (χ4v) is 3.96. The van der Waals surface area contributed by atoms with Crippen LogP contribution in [0, 0.1) is 6.92 Å². The average molecular weight is 347 g/mol. The summed E-state index contributed by atoms with van der Waals surface area (Å²) in [6.07, 6.45) is 0. The van der Waals surface area contributed by atoms with Crippen molar-refractivity contribution in [3.05, 3.63) is 71.9 Å². The molecule has 0 radical (unpaired) electrons. The van der Waals surface area contributed by atoms with E-state index in [1.807, 2.05) is 18.2 Å². The molecule has 1 fully saturated rings. The fourth-order valence-electron chi connectivity index (χ4n) is 3.96. The highest BCUT2D eigenvalue weighted by Crippen LogP contribution is 2.26. The highest BCUT2D eigenvalue weighted by atomic mass is 16.2. The number of para-hydroxylation sites is 1. The first-order valence-corrected chi connectivity index (χ1v) is 9.21. The second-order valence-electron chi connectivity index (χ2n) is 7.21. The number of hydrogen-bond acceptors (Lipinski definition) is 2. The number of rotatable bonds is 3. The molecule has 1 aliphatic rings. The predicted molar refractivity (Wildman–Crippen MR) is 105 cm³/mol. The van der Waals surface area contributed by atoms with E-state index in [9.17, 15) is 4.79 Å². The lowest BCUT2D eigenvalue weighted by molar-refractivity contribution is -0.136. The van der Waals surface area contributed by atoms with Crippen molar-refractivity contribution < 1.29 is 4.79 Å². The third kappa shape index (κ3) is 3.13. The fraction of sp³-hybridized carbons (Fsp3) is 0.318. The maximum atomic E-state index is 13.2. The van der Waals surface area contributed by atoms with E-state index < -0.39 is 0 Å². The summed E-state index contributed by atoms with van der Waals surface area (Å²) in [7, 11) is 2.13. The van der Waals surface area contributed by atoms with Crippen LogP contribution in [0.5, 0.6) is 0 Å². The highest BCUT2D eigenvalue weighted by molar-refractivity contribution is 5.84. The number of carbonyl (C=O) groups is 1. The number of amides is 1. The van der Waals surface area contributed by atoms with Crippen molar-refractivity contribution in [2.24, 2.45) is 0 Å². The molecule has 134 valence electrons. The number of benzene rings is 2. The maximum Gasteiger partial charge on any atom is 0.243 e. The number of likely N-dealkylation sites (N-methyl/N-ethyl adjacent to an activating group) is 1. The van der Waals surface area contributed by atoms with Gasteiger partial charge in [0.1, 0.15) is 6.54 Å². The number of fused-ring (bicyclic) bond motifs is 1. The largest absolute Gasteiger partial charge is 0.335 e.